The van der Waals surface area contributed by atoms with Crippen LogP contribution in [0.4, 0.5) is 5.69 Å². The van der Waals surface area contributed by atoms with E-state index in [4.69, 9.17) is 9.15 Å². The molecule has 2 aromatic heterocycles. The number of amides is 1. The Morgan fingerprint density at radius 3 is 2.71 bits per heavy atom. The second-order valence-electron chi connectivity index (χ2n) is 7.23. The second kappa shape index (κ2) is 8.06. The first kappa shape index (κ1) is 20.3. The first-order chi connectivity index (χ1) is 14.9. The van der Waals surface area contributed by atoms with Crippen molar-refractivity contribution in [2.45, 2.75) is 27.3 Å². The van der Waals surface area contributed by atoms with Crippen molar-refractivity contribution in [2.75, 3.05) is 6.61 Å². The topological polar surface area (TPSA) is 106 Å². The van der Waals surface area contributed by atoms with Crippen molar-refractivity contribution in [1.29, 1.82) is 0 Å². The third-order valence-corrected chi connectivity index (χ3v) is 5.03. The Morgan fingerprint density at radius 2 is 1.94 bits per heavy atom. The number of aromatic hydroxyl groups is 1. The lowest BCUT2D eigenvalue weighted by Gasteiger charge is -2.05. The standard InChI is InChI=1S/C23H21N3O5/c1-4-26-18-8-5-13(2)9-17(18)22(23(26)29)25-24-20(27)12-30-15-6-7-16-14(3)10-21(28)31-19(16)11-15/h5-11,29H,4,12H2,1-3H3. The number of carbonyl (C=O) groups excluding carboxylic acids is 1. The molecule has 0 atom stereocenters. The van der Waals surface area contributed by atoms with Gasteiger partial charge in [-0.25, -0.2) is 4.79 Å². The zero-order valence-electron chi connectivity index (χ0n) is 17.4. The first-order valence-electron chi connectivity index (χ1n) is 9.81. The van der Waals surface area contributed by atoms with Crippen molar-refractivity contribution in [3.63, 3.8) is 0 Å². The molecule has 0 aliphatic rings. The number of rotatable bonds is 5. The highest BCUT2D eigenvalue weighted by molar-refractivity contribution is 5.95. The normalized spacial score (nSPS) is 11.6. The molecular formula is C23H21N3O5. The van der Waals surface area contributed by atoms with Crippen LogP contribution < -0.4 is 10.4 Å². The molecule has 1 amide bonds. The van der Waals surface area contributed by atoms with Gasteiger partial charge >= 0.3 is 11.5 Å². The van der Waals surface area contributed by atoms with Crippen LogP contribution in [-0.2, 0) is 11.3 Å². The molecule has 2 aromatic carbocycles. The van der Waals surface area contributed by atoms with Crippen LogP contribution in [0, 0.1) is 13.8 Å². The summed E-state index contributed by atoms with van der Waals surface area (Å²) in [6.07, 6.45) is 0. The van der Waals surface area contributed by atoms with Gasteiger partial charge < -0.3 is 18.8 Å². The van der Waals surface area contributed by atoms with Gasteiger partial charge in [-0.05, 0) is 50.6 Å². The summed E-state index contributed by atoms with van der Waals surface area (Å²) in [5, 5.41) is 19.7. The molecular weight excluding hydrogens is 398 g/mol. The molecule has 8 heteroatoms. The quantitative estimate of drug-likeness (QED) is 0.370. The molecule has 158 valence electrons. The molecule has 0 spiro atoms. The summed E-state index contributed by atoms with van der Waals surface area (Å²) in [5.74, 6) is -0.290. The lowest BCUT2D eigenvalue weighted by atomic mass is 10.1. The van der Waals surface area contributed by atoms with Gasteiger partial charge in [-0.3, -0.25) is 4.79 Å². The SMILES string of the molecule is CCn1c(O)c(N=NC(=O)COc2ccc3c(C)cc(=O)oc3c2)c2cc(C)ccc21. The number of nitrogens with zero attached hydrogens (tertiary/aromatic N) is 3. The molecule has 0 aliphatic carbocycles. The van der Waals surface area contributed by atoms with Crippen molar-refractivity contribution in [3.05, 3.63) is 64.0 Å². The molecule has 31 heavy (non-hydrogen) atoms. The molecule has 4 rings (SSSR count). The lowest BCUT2D eigenvalue weighted by Crippen LogP contribution is -2.08. The molecule has 0 unspecified atom stereocenters. The molecule has 0 fully saturated rings. The van der Waals surface area contributed by atoms with Crippen molar-refractivity contribution in [2.24, 2.45) is 10.2 Å². The molecule has 1 N–H and O–H groups in total. The molecule has 0 saturated heterocycles. The summed E-state index contributed by atoms with van der Waals surface area (Å²) >= 11 is 0. The van der Waals surface area contributed by atoms with Gasteiger partial charge in [0.2, 0.25) is 5.88 Å². The van der Waals surface area contributed by atoms with Gasteiger partial charge in [-0.2, -0.15) is 0 Å². The second-order valence-corrected chi connectivity index (χ2v) is 7.23. The zero-order valence-corrected chi connectivity index (χ0v) is 17.4. The van der Waals surface area contributed by atoms with Gasteiger partial charge in [0.15, 0.2) is 12.3 Å². The molecule has 0 radical (unpaired) electrons. The molecule has 0 bridgehead atoms. The van der Waals surface area contributed by atoms with E-state index in [0.29, 0.717) is 17.9 Å². The van der Waals surface area contributed by atoms with Crippen LogP contribution in [0.25, 0.3) is 21.9 Å². The zero-order chi connectivity index (χ0) is 22.1. The van der Waals surface area contributed by atoms with E-state index in [9.17, 15) is 14.7 Å². The van der Waals surface area contributed by atoms with E-state index in [1.807, 2.05) is 39.0 Å². The van der Waals surface area contributed by atoms with Crippen LogP contribution >= 0.6 is 0 Å². The van der Waals surface area contributed by atoms with E-state index in [1.165, 1.54) is 6.07 Å². The maximum absolute atomic E-state index is 12.2. The number of hydrogen-bond donors (Lipinski definition) is 1. The largest absolute Gasteiger partial charge is 0.493 e. The fourth-order valence-corrected chi connectivity index (χ4v) is 3.53. The van der Waals surface area contributed by atoms with E-state index < -0.39 is 11.5 Å². The smallest absolute Gasteiger partial charge is 0.336 e. The number of azo groups is 1. The molecule has 4 aromatic rings. The Bertz CT molecular complexity index is 1400. The minimum Gasteiger partial charge on any atom is -0.493 e. The van der Waals surface area contributed by atoms with Gasteiger partial charge in [0.05, 0.1) is 5.52 Å². The van der Waals surface area contributed by atoms with E-state index in [2.05, 4.69) is 10.2 Å². The highest BCUT2D eigenvalue weighted by atomic mass is 16.5. The maximum atomic E-state index is 12.2. The number of aryl methyl sites for hydroxylation is 3. The number of ether oxygens (including phenoxy) is 1. The van der Waals surface area contributed by atoms with Gasteiger partial charge in [0.25, 0.3) is 0 Å². The molecule has 2 heterocycles. The minimum atomic E-state index is -0.616. The fourth-order valence-electron chi connectivity index (χ4n) is 3.53. The number of carbonyl (C=O) groups is 1. The Hall–Kier alpha value is -3.94. The first-order valence-corrected chi connectivity index (χ1v) is 9.81. The third-order valence-electron chi connectivity index (χ3n) is 5.03. The van der Waals surface area contributed by atoms with Crippen LogP contribution in [0.15, 0.2) is 61.9 Å². The van der Waals surface area contributed by atoms with Crippen molar-refractivity contribution < 1.29 is 19.1 Å². The summed E-state index contributed by atoms with van der Waals surface area (Å²) in [6.45, 7) is 5.86. The van der Waals surface area contributed by atoms with Crippen molar-refractivity contribution in [1.82, 2.24) is 4.57 Å². The van der Waals surface area contributed by atoms with Crippen LogP contribution in [0.5, 0.6) is 11.6 Å². The highest BCUT2D eigenvalue weighted by Crippen LogP contribution is 2.39. The number of aromatic nitrogens is 1. The molecule has 8 nitrogen and oxygen atoms in total. The Kier molecular flexibility index (Phi) is 5.29. The molecule has 0 saturated carbocycles. The van der Waals surface area contributed by atoms with Gasteiger partial charge in [-0.15, -0.1) is 10.2 Å². The van der Waals surface area contributed by atoms with Gasteiger partial charge in [0, 0.05) is 29.4 Å². The predicted molar refractivity (Wildman–Crippen MR) is 116 cm³/mol. The summed E-state index contributed by atoms with van der Waals surface area (Å²) in [6, 6.07) is 12.1. The monoisotopic (exact) mass is 419 g/mol. The minimum absolute atomic E-state index is 0.0412. The highest BCUT2D eigenvalue weighted by Gasteiger charge is 2.16. The Labute approximate surface area is 177 Å². The number of hydrogen-bond acceptors (Lipinski definition) is 6. The Balaban J connectivity index is 1.53. The predicted octanol–water partition coefficient (Wildman–Crippen LogP) is 4.78. The summed E-state index contributed by atoms with van der Waals surface area (Å²) in [4.78, 5) is 23.8. The third kappa shape index (κ3) is 3.92. The van der Waals surface area contributed by atoms with Crippen LogP contribution in [0.3, 0.4) is 0 Å². The number of fused-ring (bicyclic) bond motifs is 2. The average Bonchev–Trinajstić information content (AvgIpc) is 3.00. The fraction of sp³-hybridized carbons (Fsp3) is 0.217. The van der Waals surface area contributed by atoms with Crippen molar-refractivity contribution in [3.8, 4) is 11.6 Å². The maximum Gasteiger partial charge on any atom is 0.336 e. The summed E-state index contributed by atoms with van der Waals surface area (Å²) in [5.41, 5.74) is 2.79. The van der Waals surface area contributed by atoms with E-state index in [-0.39, 0.29) is 18.2 Å². The van der Waals surface area contributed by atoms with E-state index in [0.717, 1.165) is 27.4 Å². The van der Waals surface area contributed by atoms with E-state index >= 15 is 0 Å². The van der Waals surface area contributed by atoms with E-state index in [1.54, 1.807) is 22.8 Å². The summed E-state index contributed by atoms with van der Waals surface area (Å²) < 4.78 is 12.4. The molecule has 0 aliphatic heterocycles. The van der Waals surface area contributed by atoms with Crippen LogP contribution in [-0.4, -0.2) is 22.2 Å². The van der Waals surface area contributed by atoms with Crippen LogP contribution in [0.1, 0.15) is 18.1 Å². The van der Waals surface area contributed by atoms with Crippen molar-refractivity contribution >= 4 is 33.5 Å². The lowest BCUT2D eigenvalue weighted by molar-refractivity contribution is -0.120. The Morgan fingerprint density at radius 1 is 1.13 bits per heavy atom. The number of benzene rings is 2. The summed E-state index contributed by atoms with van der Waals surface area (Å²) in [7, 11) is 0. The van der Waals surface area contributed by atoms with Gasteiger partial charge in [-0.1, -0.05) is 11.6 Å². The van der Waals surface area contributed by atoms with Gasteiger partial charge in [0.1, 0.15) is 11.3 Å². The van der Waals surface area contributed by atoms with Crippen LogP contribution in [0.2, 0.25) is 0 Å². The average molecular weight is 419 g/mol.